The molecule has 1 amide bonds. The molecule has 6 nitrogen and oxygen atoms in total. The number of amides is 1. The van der Waals surface area contributed by atoms with Gasteiger partial charge in [0.05, 0.1) is 9.92 Å². The highest BCUT2D eigenvalue weighted by atomic mass is 35.5. The van der Waals surface area contributed by atoms with E-state index in [4.69, 9.17) is 16.3 Å². The van der Waals surface area contributed by atoms with Crippen molar-refractivity contribution in [2.45, 2.75) is 75.8 Å². The van der Waals surface area contributed by atoms with Crippen LogP contribution in [0.2, 0.25) is 5.02 Å². The van der Waals surface area contributed by atoms with Crippen molar-refractivity contribution in [2.24, 2.45) is 0 Å². The molecule has 1 fully saturated rings. The maximum Gasteiger partial charge on any atom is 0.258 e. The number of rotatable bonds is 7. The first-order chi connectivity index (χ1) is 12.8. The molecule has 1 aliphatic rings. The average Bonchev–Trinajstić information content (AvgIpc) is 2.55. The molecule has 0 atom stereocenters. The zero-order valence-electron chi connectivity index (χ0n) is 16.0. The van der Waals surface area contributed by atoms with Gasteiger partial charge in [0, 0.05) is 12.1 Å². The lowest BCUT2D eigenvalue weighted by Gasteiger charge is -2.21. The summed E-state index contributed by atoms with van der Waals surface area (Å²) in [6.45, 7) is 3.34. The standard InChI is InChI=1S/C19H29ClN2O4S/c1-14(2)22-27(24,25)16-10-11-18(17(20)12-16)26-13-19(23)21-15-8-6-4-3-5-7-9-15/h10-12,14-15,22H,3-9,13H2,1-2H3,(H,21,23). The zero-order valence-corrected chi connectivity index (χ0v) is 17.5. The molecular formula is C19H29ClN2O4S. The molecule has 0 aromatic heterocycles. The largest absolute Gasteiger partial charge is 0.482 e. The van der Waals surface area contributed by atoms with Crippen molar-refractivity contribution >= 4 is 27.5 Å². The Kier molecular flexibility index (Phi) is 8.38. The highest BCUT2D eigenvalue weighted by Crippen LogP contribution is 2.27. The molecule has 152 valence electrons. The Balaban J connectivity index is 1.90. The fourth-order valence-electron chi connectivity index (χ4n) is 3.16. The van der Waals surface area contributed by atoms with E-state index in [0.29, 0.717) is 0 Å². The van der Waals surface area contributed by atoms with Crippen molar-refractivity contribution in [3.8, 4) is 5.75 Å². The molecule has 0 unspecified atom stereocenters. The van der Waals surface area contributed by atoms with Crippen LogP contribution >= 0.6 is 11.6 Å². The van der Waals surface area contributed by atoms with Gasteiger partial charge < -0.3 is 10.1 Å². The maximum atomic E-state index is 12.2. The third kappa shape index (κ3) is 7.31. The predicted molar refractivity (Wildman–Crippen MR) is 107 cm³/mol. The minimum Gasteiger partial charge on any atom is -0.482 e. The Hall–Kier alpha value is -1.31. The number of hydrogen-bond acceptors (Lipinski definition) is 4. The van der Waals surface area contributed by atoms with E-state index in [1.807, 2.05) is 0 Å². The van der Waals surface area contributed by atoms with Crippen molar-refractivity contribution in [1.82, 2.24) is 10.0 Å². The number of halogens is 1. The van der Waals surface area contributed by atoms with Gasteiger partial charge in [-0.3, -0.25) is 4.79 Å². The van der Waals surface area contributed by atoms with Gasteiger partial charge in [-0.05, 0) is 44.9 Å². The molecule has 0 spiro atoms. The van der Waals surface area contributed by atoms with Gasteiger partial charge in [0.25, 0.3) is 5.91 Å². The lowest BCUT2D eigenvalue weighted by atomic mass is 9.97. The fraction of sp³-hybridized carbons (Fsp3) is 0.632. The van der Waals surface area contributed by atoms with E-state index in [2.05, 4.69) is 10.0 Å². The SMILES string of the molecule is CC(C)NS(=O)(=O)c1ccc(OCC(=O)NC2CCCCCCC2)c(Cl)c1. The van der Waals surface area contributed by atoms with Crippen LogP contribution in [0.5, 0.6) is 5.75 Å². The van der Waals surface area contributed by atoms with E-state index in [9.17, 15) is 13.2 Å². The van der Waals surface area contributed by atoms with Crippen molar-refractivity contribution in [2.75, 3.05) is 6.61 Å². The molecule has 1 aromatic rings. The Bertz CT molecular complexity index is 729. The number of benzene rings is 1. The van der Waals surface area contributed by atoms with Gasteiger partial charge in [-0.1, -0.05) is 43.7 Å². The van der Waals surface area contributed by atoms with Crippen molar-refractivity contribution in [3.05, 3.63) is 23.2 Å². The van der Waals surface area contributed by atoms with Crippen molar-refractivity contribution < 1.29 is 17.9 Å². The molecule has 0 heterocycles. The summed E-state index contributed by atoms with van der Waals surface area (Å²) in [6, 6.07) is 4.20. The predicted octanol–water partition coefficient (Wildman–Crippen LogP) is 3.63. The highest BCUT2D eigenvalue weighted by molar-refractivity contribution is 7.89. The first kappa shape index (κ1) is 22.0. The van der Waals surface area contributed by atoms with E-state index < -0.39 is 10.0 Å². The van der Waals surface area contributed by atoms with E-state index in [0.717, 1.165) is 25.7 Å². The molecule has 0 radical (unpaired) electrons. The summed E-state index contributed by atoms with van der Waals surface area (Å²) in [5, 5.41) is 3.17. The normalized spacial score (nSPS) is 16.6. The van der Waals surface area contributed by atoms with E-state index in [1.54, 1.807) is 13.8 Å². The minimum atomic E-state index is -3.62. The highest BCUT2D eigenvalue weighted by Gasteiger charge is 2.18. The molecule has 1 saturated carbocycles. The minimum absolute atomic E-state index is 0.0625. The maximum absolute atomic E-state index is 12.2. The van der Waals surface area contributed by atoms with Crippen LogP contribution in [0.25, 0.3) is 0 Å². The Labute approximate surface area is 167 Å². The number of carbonyl (C=O) groups excluding carboxylic acids is 1. The lowest BCUT2D eigenvalue weighted by Crippen LogP contribution is -2.38. The number of ether oxygens (including phenoxy) is 1. The summed E-state index contributed by atoms with van der Waals surface area (Å²) >= 11 is 6.14. The summed E-state index contributed by atoms with van der Waals surface area (Å²) in [5.41, 5.74) is 0. The summed E-state index contributed by atoms with van der Waals surface area (Å²) in [4.78, 5) is 12.2. The van der Waals surface area contributed by atoms with Crippen LogP contribution in [-0.2, 0) is 14.8 Å². The van der Waals surface area contributed by atoms with Gasteiger partial charge in [0.1, 0.15) is 5.75 Å². The second-order valence-corrected chi connectivity index (χ2v) is 9.39. The van der Waals surface area contributed by atoms with Crippen LogP contribution in [0.1, 0.15) is 58.8 Å². The van der Waals surface area contributed by atoms with Crippen LogP contribution in [0, 0.1) is 0 Å². The van der Waals surface area contributed by atoms with Crippen molar-refractivity contribution in [3.63, 3.8) is 0 Å². The summed E-state index contributed by atoms with van der Waals surface area (Å²) in [7, 11) is -3.62. The van der Waals surface area contributed by atoms with E-state index in [1.165, 1.54) is 37.5 Å². The molecule has 1 aliphatic carbocycles. The second-order valence-electron chi connectivity index (χ2n) is 7.27. The molecule has 27 heavy (non-hydrogen) atoms. The van der Waals surface area contributed by atoms with Crippen LogP contribution < -0.4 is 14.8 Å². The van der Waals surface area contributed by atoms with Gasteiger partial charge >= 0.3 is 0 Å². The van der Waals surface area contributed by atoms with E-state index >= 15 is 0 Å². The van der Waals surface area contributed by atoms with Crippen LogP contribution in [0.15, 0.2) is 23.1 Å². The summed E-state index contributed by atoms with van der Waals surface area (Å²) in [5.74, 6) is 0.0998. The molecule has 0 aliphatic heterocycles. The number of carbonyl (C=O) groups is 1. The molecular weight excluding hydrogens is 388 g/mol. The number of sulfonamides is 1. The zero-order chi connectivity index (χ0) is 19.9. The molecule has 0 bridgehead atoms. The number of hydrogen-bond donors (Lipinski definition) is 2. The second kappa shape index (κ2) is 10.3. The van der Waals surface area contributed by atoms with Gasteiger partial charge in [-0.15, -0.1) is 0 Å². The molecule has 2 rings (SSSR count). The van der Waals surface area contributed by atoms with Crippen LogP contribution in [0.4, 0.5) is 0 Å². The number of nitrogens with one attached hydrogen (secondary N) is 2. The molecule has 1 aromatic carbocycles. The summed E-state index contributed by atoms with van der Waals surface area (Å²) in [6.07, 6.45) is 8.00. The first-order valence-electron chi connectivity index (χ1n) is 9.52. The van der Waals surface area contributed by atoms with Crippen LogP contribution in [0.3, 0.4) is 0 Å². The van der Waals surface area contributed by atoms with Gasteiger partial charge in [0.2, 0.25) is 10.0 Å². The molecule has 0 saturated heterocycles. The molecule has 2 N–H and O–H groups in total. The fourth-order valence-corrected chi connectivity index (χ4v) is 4.73. The van der Waals surface area contributed by atoms with Crippen molar-refractivity contribution in [1.29, 1.82) is 0 Å². The average molecular weight is 417 g/mol. The Morgan fingerprint density at radius 3 is 2.41 bits per heavy atom. The first-order valence-corrected chi connectivity index (χ1v) is 11.4. The monoisotopic (exact) mass is 416 g/mol. The lowest BCUT2D eigenvalue weighted by molar-refractivity contribution is -0.123. The topological polar surface area (TPSA) is 84.5 Å². The van der Waals surface area contributed by atoms with Gasteiger partial charge in [0.15, 0.2) is 6.61 Å². The van der Waals surface area contributed by atoms with Gasteiger partial charge in [-0.25, -0.2) is 13.1 Å². The summed E-state index contributed by atoms with van der Waals surface area (Å²) < 4.78 is 32.3. The third-order valence-corrected chi connectivity index (χ3v) is 6.39. The Morgan fingerprint density at radius 1 is 1.19 bits per heavy atom. The van der Waals surface area contributed by atoms with E-state index in [-0.39, 0.29) is 40.3 Å². The smallest absolute Gasteiger partial charge is 0.258 e. The quantitative estimate of drug-likeness (QED) is 0.710. The van der Waals surface area contributed by atoms with Crippen LogP contribution in [-0.4, -0.2) is 33.0 Å². The molecule has 8 heteroatoms. The Morgan fingerprint density at radius 2 is 1.81 bits per heavy atom. The third-order valence-electron chi connectivity index (χ3n) is 4.43. The van der Waals surface area contributed by atoms with Gasteiger partial charge in [-0.2, -0.15) is 0 Å².